The average Bonchev–Trinajstić information content (AvgIpc) is 2.79. The van der Waals surface area contributed by atoms with Crippen molar-refractivity contribution in [1.29, 1.82) is 0 Å². The molecule has 2 aromatic carbocycles. The fourth-order valence-corrected chi connectivity index (χ4v) is 4.15. The highest BCUT2D eigenvalue weighted by Crippen LogP contribution is 2.20. The molecule has 0 saturated heterocycles. The van der Waals surface area contributed by atoms with Crippen LogP contribution >= 0.6 is 0 Å². The molecule has 1 aliphatic rings. The summed E-state index contributed by atoms with van der Waals surface area (Å²) >= 11 is 0. The topological polar surface area (TPSA) is 58.6 Å². The largest absolute Gasteiger partial charge is 0.497 e. The molecule has 5 nitrogen and oxygen atoms in total. The molecule has 0 unspecified atom stereocenters. The second-order valence-corrected chi connectivity index (χ2v) is 8.49. The fraction of sp³-hybridized carbons (Fsp3) is 0.462. The zero-order chi connectivity index (χ0) is 22.2. The summed E-state index contributed by atoms with van der Waals surface area (Å²) in [6.07, 6.45) is 5.87. The first-order valence-corrected chi connectivity index (χ1v) is 11.2. The summed E-state index contributed by atoms with van der Waals surface area (Å²) in [5.74, 6) is 0.652. The van der Waals surface area contributed by atoms with Gasteiger partial charge in [0.05, 0.1) is 13.5 Å². The third kappa shape index (κ3) is 6.33. The summed E-state index contributed by atoms with van der Waals surface area (Å²) in [6.45, 7) is 4.22. The van der Waals surface area contributed by atoms with Crippen LogP contribution in [0.15, 0.2) is 48.5 Å². The minimum atomic E-state index is -0.541. The van der Waals surface area contributed by atoms with Crippen molar-refractivity contribution in [1.82, 2.24) is 10.2 Å². The van der Waals surface area contributed by atoms with Gasteiger partial charge in [0.15, 0.2) is 0 Å². The van der Waals surface area contributed by atoms with Crippen LogP contribution in [-0.4, -0.2) is 35.9 Å². The number of methoxy groups -OCH3 is 1. The van der Waals surface area contributed by atoms with Crippen molar-refractivity contribution in [3.63, 3.8) is 0 Å². The van der Waals surface area contributed by atoms with Crippen LogP contribution in [0.2, 0.25) is 0 Å². The van der Waals surface area contributed by atoms with Crippen LogP contribution in [-0.2, 0) is 22.6 Å². The van der Waals surface area contributed by atoms with E-state index < -0.39 is 6.04 Å². The summed E-state index contributed by atoms with van der Waals surface area (Å²) in [4.78, 5) is 28.1. The molecule has 5 heteroatoms. The number of hydrogen-bond acceptors (Lipinski definition) is 3. The molecule has 2 amide bonds. The summed E-state index contributed by atoms with van der Waals surface area (Å²) in [5, 5.41) is 3.18. The van der Waals surface area contributed by atoms with E-state index in [4.69, 9.17) is 4.74 Å². The fourth-order valence-electron chi connectivity index (χ4n) is 4.15. The Morgan fingerprint density at radius 1 is 1.06 bits per heavy atom. The Balaban J connectivity index is 1.76. The smallest absolute Gasteiger partial charge is 0.242 e. The third-order valence-corrected chi connectivity index (χ3v) is 6.23. The average molecular weight is 423 g/mol. The maximum Gasteiger partial charge on any atom is 0.242 e. The van der Waals surface area contributed by atoms with Crippen molar-refractivity contribution < 1.29 is 14.3 Å². The van der Waals surface area contributed by atoms with Gasteiger partial charge in [0.1, 0.15) is 11.8 Å². The Kier molecular flexibility index (Phi) is 8.10. The molecule has 0 bridgehead atoms. The lowest BCUT2D eigenvalue weighted by Gasteiger charge is -2.31. The van der Waals surface area contributed by atoms with Gasteiger partial charge in [-0.3, -0.25) is 9.59 Å². The van der Waals surface area contributed by atoms with Gasteiger partial charge in [-0.25, -0.2) is 0 Å². The number of nitrogens with zero attached hydrogens (tertiary/aromatic N) is 1. The molecule has 1 N–H and O–H groups in total. The Morgan fingerprint density at radius 3 is 2.39 bits per heavy atom. The van der Waals surface area contributed by atoms with E-state index in [1.54, 1.807) is 12.0 Å². The van der Waals surface area contributed by atoms with E-state index in [9.17, 15) is 9.59 Å². The first-order chi connectivity index (χ1) is 15.0. The Bertz CT molecular complexity index is 872. The highest BCUT2D eigenvalue weighted by Gasteiger charge is 2.28. The number of carbonyl (C=O) groups is 2. The number of ether oxygens (including phenoxy) is 1. The number of nitrogens with one attached hydrogen (secondary N) is 1. The molecule has 0 heterocycles. The minimum absolute atomic E-state index is 0.0450. The number of benzene rings is 2. The second kappa shape index (κ2) is 11.0. The van der Waals surface area contributed by atoms with E-state index in [0.29, 0.717) is 6.54 Å². The second-order valence-electron chi connectivity index (χ2n) is 8.49. The van der Waals surface area contributed by atoms with Crippen LogP contribution in [0, 0.1) is 6.92 Å². The third-order valence-electron chi connectivity index (χ3n) is 6.23. The molecule has 0 aromatic heterocycles. The summed E-state index contributed by atoms with van der Waals surface area (Å²) in [6, 6.07) is 15.2. The normalized spacial score (nSPS) is 15.2. The maximum atomic E-state index is 13.4. The summed E-state index contributed by atoms with van der Waals surface area (Å²) in [5.41, 5.74) is 3.04. The van der Waals surface area contributed by atoms with Gasteiger partial charge in [0, 0.05) is 12.6 Å². The predicted molar refractivity (Wildman–Crippen MR) is 123 cm³/mol. The molecule has 2 aromatic rings. The highest BCUT2D eigenvalue weighted by molar-refractivity contribution is 5.88. The van der Waals surface area contributed by atoms with Crippen LogP contribution < -0.4 is 10.1 Å². The van der Waals surface area contributed by atoms with Crippen LogP contribution in [0.4, 0.5) is 0 Å². The van der Waals surface area contributed by atoms with Crippen molar-refractivity contribution in [3.05, 3.63) is 65.2 Å². The molecule has 1 atom stereocenters. The van der Waals surface area contributed by atoms with Gasteiger partial charge in [-0.05, 0) is 55.5 Å². The summed E-state index contributed by atoms with van der Waals surface area (Å²) in [7, 11) is 1.63. The van der Waals surface area contributed by atoms with Crippen molar-refractivity contribution in [2.24, 2.45) is 0 Å². The number of rotatable bonds is 8. The standard InChI is InChI=1S/C26H34N2O3/c1-19-9-7-8-10-22(19)17-25(29)28(18-21-13-15-24(31-3)16-14-21)20(2)26(30)27-23-11-5-4-6-12-23/h7-10,13-16,20,23H,4-6,11-12,17-18H2,1-3H3,(H,27,30)/t20-/m1/s1. The molecule has 0 spiro atoms. The molecule has 1 fully saturated rings. The molecule has 1 aliphatic carbocycles. The van der Waals surface area contributed by atoms with E-state index in [1.807, 2.05) is 62.4 Å². The van der Waals surface area contributed by atoms with Gasteiger partial charge in [0.25, 0.3) is 0 Å². The Morgan fingerprint density at radius 2 is 1.74 bits per heavy atom. The monoisotopic (exact) mass is 422 g/mol. The van der Waals surface area contributed by atoms with Gasteiger partial charge in [-0.1, -0.05) is 55.7 Å². The Labute approximate surface area is 185 Å². The van der Waals surface area contributed by atoms with E-state index in [0.717, 1.165) is 48.1 Å². The first kappa shape index (κ1) is 22.9. The Hall–Kier alpha value is -2.82. The van der Waals surface area contributed by atoms with Crippen LogP contribution in [0.25, 0.3) is 0 Å². The lowest BCUT2D eigenvalue weighted by molar-refractivity contribution is -0.140. The van der Waals surface area contributed by atoms with Crippen molar-refractivity contribution in [2.75, 3.05) is 7.11 Å². The molecule has 166 valence electrons. The van der Waals surface area contributed by atoms with Gasteiger partial charge in [0.2, 0.25) is 11.8 Å². The number of amides is 2. The SMILES string of the molecule is COc1ccc(CN(C(=O)Cc2ccccc2C)[C@H](C)C(=O)NC2CCCCC2)cc1. The van der Waals surface area contributed by atoms with Crippen LogP contribution in [0.5, 0.6) is 5.75 Å². The van der Waals surface area contributed by atoms with Crippen molar-refractivity contribution in [2.45, 2.75) is 71.0 Å². The zero-order valence-corrected chi connectivity index (χ0v) is 18.9. The quantitative estimate of drug-likeness (QED) is 0.685. The summed E-state index contributed by atoms with van der Waals surface area (Å²) < 4.78 is 5.24. The first-order valence-electron chi connectivity index (χ1n) is 11.2. The highest BCUT2D eigenvalue weighted by atomic mass is 16.5. The predicted octanol–water partition coefficient (Wildman–Crippen LogP) is 4.41. The molecular formula is C26H34N2O3. The molecule has 31 heavy (non-hydrogen) atoms. The molecule has 1 saturated carbocycles. The number of carbonyl (C=O) groups excluding carboxylic acids is 2. The van der Waals surface area contributed by atoms with E-state index in [2.05, 4.69) is 5.32 Å². The minimum Gasteiger partial charge on any atom is -0.497 e. The van der Waals surface area contributed by atoms with E-state index >= 15 is 0 Å². The van der Waals surface area contributed by atoms with E-state index in [1.165, 1.54) is 6.42 Å². The lowest BCUT2D eigenvalue weighted by Crippen LogP contribution is -2.50. The van der Waals surface area contributed by atoms with Gasteiger partial charge in [-0.2, -0.15) is 0 Å². The van der Waals surface area contributed by atoms with Gasteiger partial charge >= 0.3 is 0 Å². The van der Waals surface area contributed by atoms with Crippen molar-refractivity contribution >= 4 is 11.8 Å². The van der Waals surface area contributed by atoms with Gasteiger partial charge in [-0.15, -0.1) is 0 Å². The van der Waals surface area contributed by atoms with Crippen LogP contribution in [0.3, 0.4) is 0 Å². The number of hydrogen-bond donors (Lipinski definition) is 1. The lowest BCUT2D eigenvalue weighted by atomic mass is 9.95. The molecule has 0 radical (unpaired) electrons. The van der Waals surface area contributed by atoms with Crippen molar-refractivity contribution in [3.8, 4) is 5.75 Å². The zero-order valence-electron chi connectivity index (χ0n) is 18.9. The number of aryl methyl sites for hydroxylation is 1. The molecular weight excluding hydrogens is 388 g/mol. The van der Waals surface area contributed by atoms with Crippen LogP contribution in [0.1, 0.15) is 55.7 Å². The molecule has 0 aliphatic heterocycles. The maximum absolute atomic E-state index is 13.4. The molecule has 3 rings (SSSR count). The van der Waals surface area contributed by atoms with Gasteiger partial charge < -0.3 is 15.0 Å². The van der Waals surface area contributed by atoms with E-state index in [-0.39, 0.29) is 24.3 Å².